The average Bonchev–Trinajstić information content (AvgIpc) is 3.05. The summed E-state index contributed by atoms with van der Waals surface area (Å²) in [6.07, 6.45) is 8.21. The first-order valence-corrected chi connectivity index (χ1v) is 19.7. The number of rotatable bonds is 13. The van der Waals surface area contributed by atoms with Gasteiger partial charge in [-0.15, -0.1) is 0 Å². The van der Waals surface area contributed by atoms with Crippen molar-refractivity contribution < 1.29 is 27.9 Å². The van der Waals surface area contributed by atoms with Gasteiger partial charge in [0.05, 0.1) is 22.9 Å². The van der Waals surface area contributed by atoms with E-state index in [1.807, 2.05) is 81.4 Å². The third-order valence-corrected chi connectivity index (χ3v) is 12.4. The molecule has 0 bridgehead atoms. The van der Waals surface area contributed by atoms with Gasteiger partial charge < -0.3 is 21.1 Å². The van der Waals surface area contributed by atoms with Crippen molar-refractivity contribution in [2.24, 2.45) is 11.8 Å². The van der Waals surface area contributed by atoms with Gasteiger partial charge in [0, 0.05) is 31.0 Å². The summed E-state index contributed by atoms with van der Waals surface area (Å²) in [5.41, 5.74) is 1.21. The van der Waals surface area contributed by atoms with Crippen LogP contribution in [0.2, 0.25) is 0 Å². The Hall–Kier alpha value is -3.54. The molecule has 2 aromatic rings. The second-order valence-electron chi connectivity index (χ2n) is 15.7. The summed E-state index contributed by atoms with van der Waals surface area (Å²) in [7, 11) is -3.86. The van der Waals surface area contributed by atoms with E-state index in [1.165, 1.54) is 19.9 Å². The molecule has 3 amide bonds. The smallest absolute Gasteiger partial charge is 0.244 e. The molecule has 1 aliphatic carbocycles. The van der Waals surface area contributed by atoms with Crippen LogP contribution >= 0.6 is 0 Å². The summed E-state index contributed by atoms with van der Waals surface area (Å²) in [5.74, 6) is -0.551. The summed E-state index contributed by atoms with van der Waals surface area (Å²) in [5, 5.41) is 20.6. The molecular formula is C39H56N4O6S. The fourth-order valence-electron chi connectivity index (χ4n) is 7.11. The zero-order valence-corrected chi connectivity index (χ0v) is 31.2. The van der Waals surface area contributed by atoms with Crippen molar-refractivity contribution in [2.75, 3.05) is 19.3 Å². The van der Waals surface area contributed by atoms with Crippen molar-refractivity contribution in [3.8, 4) is 0 Å². The van der Waals surface area contributed by atoms with Gasteiger partial charge in [0.25, 0.3) is 0 Å². The zero-order valence-electron chi connectivity index (χ0n) is 30.4. The Bertz CT molecular complexity index is 1590. The topological polar surface area (TPSA) is 145 Å². The monoisotopic (exact) mass is 708 g/mol. The fraction of sp³-hybridized carbons (Fsp3) is 0.564. The molecule has 0 aromatic heterocycles. The van der Waals surface area contributed by atoms with Crippen LogP contribution in [0.15, 0.2) is 66.7 Å². The molecule has 0 spiro atoms. The normalized spacial score (nSPS) is 22.2. The Morgan fingerprint density at radius 1 is 0.920 bits per heavy atom. The number of likely N-dealkylation sites (tertiary alicyclic amines) is 1. The number of hydrogen-bond donors (Lipinski definition) is 4. The fourth-order valence-corrected chi connectivity index (χ4v) is 7.70. The number of nitrogens with zero attached hydrogens (tertiary/aromatic N) is 1. The number of piperidine rings is 1. The molecule has 0 unspecified atom stereocenters. The van der Waals surface area contributed by atoms with E-state index in [0.717, 1.165) is 43.1 Å². The number of fused-ring (bicyclic) bond motifs is 1. The lowest BCUT2D eigenvalue weighted by Gasteiger charge is -2.47. The molecule has 4 N–H and O–H groups in total. The molecule has 1 saturated carbocycles. The largest absolute Gasteiger partial charge is 0.390 e. The molecule has 1 aliphatic heterocycles. The summed E-state index contributed by atoms with van der Waals surface area (Å²) in [6.45, 7) is 9.47. The van der Waals surface area contributed by atoms with Gasteiger partial charge in [-0.25, -0.2) is 8.42 Å². The second kappa shape index (κ2) is 16.7. The summed E-state index contributed by atoms with van der Waals surface area (Å²) >= 11 is 0. The first-order valence-electron chi connectivity index (χ1n) is 17.8. The predicted octanol–water partition coefficient (Wildman–Crippen LogP) is 3.89. The predicted molar refractivity (Wildman–Crippen MR) is 198 cm³/mol. The van der Waals surface area contributed by atoms with E-state index < -0.39 is 56.2 Å². The van der Waals surface area contributed by atoms with E-state index >= 15 is 0 Å². The van der Waals surface area contributed by atoms with Crippen LogP contribution in [0.25, 0.3) is 6.08 Å². The molecule has 50 heavy (non-hydrogen) atoms. The number of aliphatic hydroxyl groups excluding tert-OH is 1. The number of benzene rings is 2. The van der Waals surface area contributed by atoms with Crippen LogP contribution in [0.3, 0.4) is 0 Å². The van der Waals surface area contributed by atoms with E-state index in [9.17, 15) is 27.9 Å². The highest BCUT2D eigenvalue weighted by molar-refractivity contribution is 7.92. The van der Waals surface area contributed by atoms with Crippen molar-refractivity contribution in [3.05, 3.63) is 77.9 Å². The molecule has 2 aromatic carbocycles. The number of β-amino-alcohol motifs (C(OH)–C–C–N with tert-alkyl or cyclic N) is 1. The molecule has 2 fully saturated rings. The highest BCUT2D eigenvalue weighted by Crippen LogP contribution is 2.39. The van der Waals surface area contributed by atoms with Crippen molar-refractivity contribution >= 4 is 33.6 Å². The molecule has 6 atom stereocenters. The number of carbonyl (C=O) groups excluding carboxylic acids is 3. The Kier molecular flexibility index (Phi) is 13.1. The van der Waals surface area contributed by atoms with Gasteiger partial charge >= 0.3 is 0 Å². The molecular weight excluding hydrogens is 653 g/mol. The molecule has 1 saturated heterocycles. The van der Waals surface area contributed by atoms with Gasteiger partial charge in [0.15, 0.2) is 9.84 Å². The number of hydrogen-bond acceptors (Lipinski definition) is 7. The maximum Gasteiger partial charge on any atom is 0.244 e. The molecule has 274 valence electrons. The van der Waals surface area contributed by atoms with Crippen molar-refractivity contribution in [1.29, 1.82) is 0 Å². The minimum Gasteiger partial charge on any atom is -0.390 e. The molecule has 0 radical (unpaired) electrons. The minimum atomic E-state index is -3.86. The maximum atomic E-state index is 14.2. The van der Waals surface area contributed by atoms with Crippen molar-refractivity contribution in [1.82, 2.24) is 20.9 Å². The lowest BCUT2D eigenvalue weighted by molar-refractivity contribution is -0.133. The van der Waals surface area contributed by atoms with E-state index in [1.54, 1.807) is 6.08 Å². The third-order valence-electron chi connectivity index (χ3n) is 10.2. The lowest BCUT2D eigenvalue weighted by Crippen LogP contribution is -2.64. The lowest BCUT2D eigenvalue weighted by atomic mass is 9.72. The third kappa shape index (κ3) is 10.7. The van der Waals surface area contributed by atoms with E-state index in [-0.39, 0.29) is 18.9 Å². The standard InChI is InChI=1S/C39H56N4O6S/c1-38(2,3)42-36(46)32-24-29-19-13-14-20-30(29)25-43(32)26-33(44)31(23-28-17-11-8-12-18-28)40-37(47)35(39(4,5)50(6,48)49)41-34(45)22-21-27-15-9-7-10-16-27/h7-12,15-18,21-22,29-33,35,44H,13-14,19-20,23-26H2,1-6H3,(H,40,47)(H,41,45)(H,42,46)/t29-,30+,31-,32-,33+,35+/m0/s1. The SMILES string of the molecule is CC(C)(C)NC(=O)[C@@H]1C[C@@H]2CCCC[C@@H]2CN1C[C@@H](O)[C@H](Cc1ccccc1)NC(=O)[C@@H](NC(=O)C=Cc1ccccc1)C(C)(C)S(C)(=O)=O. The van der Waals surface area contributed by atoms with Crippen LogP contribution in [-0.4, -0.2) is 90.0 Å². The number of carbonyl (C=O) groups is 3. The van der Waals surface area contributed by atoms with Gasteiger partial charge in [-0.1, -0.05) is 79.9 Å². The summed E-state index contributed by atoms with van der Waals surface area (Å²) in [6, 6.07) is 15.8. The first-order chi connectivity index (χ1) is 23.4. The number of nitrogens with one attached hydrogen (secondary N) is 3. The van der Waals surface area contributed by atoms with Gasteiger partial charge in [-0.2, -0.15) is 0 Å². The van der Waals surface area contributed by atoms with Gasteiger partial charge in [-0.05, 0) is 82.9 Å². The zero-order chi connectivity index (χ0) is 36.7. The highest BCUT2D eigenvalue weighted by atomic mass is 32.2. The molecule has 2 aliphatic rings. The highest BCUT2D eigenvalue weighted by Gasteiger charge is 2.46. The Labute approximate surface area is 298 Å². The molecule has 1 heterocycles. The van der Waals surface area contributed by atoms with Crippen LogP contribution in [-0.2, 0) is 30.6 Å². The van der Waals surface area contributed by atoms with Crippen LogP contribution in [0.1, 0.15) is 77.8 Å². The quantitative estimate of drug-likeness (QED) is 0.231. The van der Waals surface area contributed by atoms with Gasteiger partial charge in [0.1, 0.15) is 6.04 Å². The van der Waals surface area contributed by atoms with Crippen LogP contribution in [0, 0.1) is 11.8 Å². The van der Waals surface area contributed by atoms with E-state index in [2.05, 4.69) is 20.9 Å². The number of sulfone groups is 1. The number of aliphatic hydroxyl groups is 1. The Balaban J connectivity index is 1.61. The van der Waals surface area contributed by atoms with E-state index in [0.29, 0.717) is 24.8 Å². The molecule has 4 rings (SSSR count). The summed E-state index contributed by atoms with van der Waals surface area (Å²) in [4.78, 5) is 43.0. The Morgan fingerprint density at radius 2 is 1.52 bits per heavy atom. The van der Waals surface area contributed by atoms with Crippen LogP contribution in [0.4, 0.5) is 0 Å². The molecule has 10 nitrogen and oxygen atoms in total. The van der Waals surface area contributed by atoms with Gasteiger partial charge in [-0.3, -0.25) is 19.3 Å². The van der Waals surface area contributed by atoms with Crippen molar-refractivity contribution in [2.45, 2.75) is 108 Å². The van der Waals surface area contributed by atoms with Crippen molar-refractivity contribution in [3.63, 3.8) is 0 Å². The van der Waals surface area contributed by atoms with E-state index in [4.69, 9.17) is 0 Å². The Morgan fingerprint density at radius 3 is 2.12 bits per heavy atom. The second-order valence-corrected chi connectivity index (χ2v) is 18.3. The average molecular weight is 709 g/mol. The maximum absolute atomic E-state index is 14.2. The summed E-state index contributed by atoms with van der Waals surface area (Å²) < 4.78 is 24.3. The van der Waals surface area contributed by atoms with Gasteiger partial charge in [0.2, 0.25) is 17.7 Å². The van der Waals surface area contributed by atoms with Crippen LogP contribution < -0.4 is 16.0 Å². The molecule has 11 heteroatoms. The minimum absolute atomic E-state index is 0.0707. The first kappa shape index (κ1) is 39.2. The van der Waals surface area contributed by atoms with Crippen LogP contribution in [0.5, 0.6) is 0 Å². The number of amides is 3.